The monoisotopic (exact) mass is 218 g/mol. The van der Waals surface area contributed by atoms with Crippen molar-refractivity contribution in [1.82, 2.24) is 9.62 Å². The third-order valence-corrected chi connectivity index (χ3v) is 5.44. The molecule has 3 rings (SSSR count). The van der Waals surface area contributed by atoms with Gasteiger partial charge in [0.05, 0.1) is 0 Å². The maximum Gasteiger partial charge on any atom is 0.239 e. The van der Waals surface area contributed by atoms with Gasteiger partial charge in [0, 0.05) is 20.1 Å². The van der Waals surface area contributed by atoms with Crippen LogP contribution < -0.4 is 5.32 Å². The fraction of sp³-hybridized carbons (Fsp3) is 0.875. The maximum atomic E-state index is 11.8. The van der Waals surface area contributed by atoms with Crippen molar-refractivity contribution < 1.29 is 13.2 Å². The van der Waals surface area contributed by atoms with Gasteiger partial charge in [0.2, 0.25) is 15.9 Å². The quantitative estimate of drug-likeness (QED) is 0.624. The summed E-state index contributed by atoms with van der Waals surface area (Å²) in [4.78, 5) is 11.5. The van der Waals surface area contributed by atoms with Crippen LogP contribution in [0.15, 0.2) is 0 Å². The molecule has 1 atom stereocenters. The van der Waals surface area contributed by atoms with Gasteiger partial charge < -0.3 is 5.32 Å². The molecule has 1 unspecified atom stereocenters. The summed E-state index contributed by atoms with van der Waals surface area (Å²) >= 11 is 0. The van der Waals surface area contributed by atoms with Gasteiger partial charge >= 0.3 is 0 Å². The highest BCUT2D eigenvalue weighted by Gasteiger charge is 2.49. The van der Waals surface area contributed by atoms with Crippen LogP contribution in [0.25, 0.3) is 0 Å². The first-order valence-electron chi connectivity index (χ1n) is 4.78. The molecule has 3 aliphatic rings. The highest BCUT2D eigenvalue weighted by Crippen LogP contribution is 2.34. The number of nitrogens with zero attached hydrogens (tertiary/aromatic N) is 1. The fourth-order valence-corrected chi connectivity index (χ4v) is 4.52. The Hall–Kier alpha value is -0.620. The van der Waals surface area contributed by atoms with Gasteiger partial charge in [-0.15, -0.1) is 0 Å². The molecule has 1 N–H and O–H groups in total. The second kappa shape index (κ2) is 3.20. The Labute approximate surface area is 83.5 Å². The third-order valence-electron chi connectivity index (χ3n) is 3.11. The molecule has 0 aromatic carbocycles. The Kier molecular flexibility index (Phi) is 2.27. The number of carbonyl (C=O) groups excluding carboxylic acids is 1. The first kappa shape index (κ1) is 9.92. The minimum Gasteiger partial charge on any atom is -0.358 e. The molecule has 80 valence electrons. The normalized spacial score (nSPS) is 39.4. The number of carbonyl (C=O) groups is 1. The lowest BCUT2D eigenvalue weighted by atomic mass is 9.93. The number of fused-ring (bicyclic) bond motifs is 3. The number of hydrogen-bond donors (Lipinski definition) is 1. The number of amides is 1. The van der Waals surface area contributed by atoms with E-state index in [2.05, 4.69) is 5.32 Å². The average molecular weight is 218 g/mol. The lowest BCUT2D eigenvalue weighted by molar-refractivity contribution is -0.121. The summed E-state index contributed by atoms with van der Waals surface area (Å²) in [7, 11) is -1.87. The van der Waals surface area contributed by atoms with Gasteiger partial charge in [0.1, 0.15) is 0 Å². The van der Waals surface area contributed by atoms with Gasteiger partial charge in [0.25, 0.3) is 0 Å². The van der Waals surface area contributed by atoms with Crippen LogP contribution in [0.3, 0.4) is 0 Å². The van der Waals surface area contributed by atoms with Crippen molar-refractivity contribution >= 4 is 15.9 Å². The molecule has 3 fully saturated rings. The zero-order chi connectivity index (χ0) is 10.3. The largest absolute Gasteiger partial charge is 0.358 e. The van der Waals surface area contributed by atoms with Crippen LogP contribution in [-0.2, 0) is 14.8 Å². The molecule has 0 aromatic heterocycles. The Balaban J connectivity index is 2.35. The van der Waals surface area contributed by atoms with E-state index in [0.29, 0.717) is 13.1 Å². The standard InChI is InChI=1S/C8H14N2O3S/c1-9-8(11)7-6-2-4-10(5-3-6)14(7,12)13/h6-7H,2-5H2,1H3,(H,9,11). The zero-order valence-electron chi connectivity index (χ0n) is 8.06. The van der Waals surface area contributed by atoms with Crippen LogP contribution in [0.5, 0.6) is 0 Å². The molecule has 3 aliphatic heterocycles. The van der Waals surface area contributed by atoms with Crippen molar-refractivity contribution in [1.29, 1.82) is 0 Å². The van der Waals surface area contributed by atoms with E-state index in [-0.39, 0.29) is 11.8 Å². The van der Waals surface area contributed by atoms with E-state index < -0.39 is 15.3 Å². The zero-order valence-corrected chi connectivity index (χ0v) is 8.88. The molecule has 14 heavy (non-hydrogen) atoms. The van der Waals surface area contributed by atoms with Crippen LogP contribution in [-0.4, -0.2) is 44.0 Å². The van der Waals surface area contributed by atoms with E-state index in [1.807, 2.05) is 0 Å². The summed E-state index contributed by atoms with van der Waals surface area (Å²) in [6, 6.07) is 0. The average Bonchev–Trinajstić information content (AvgIpc) is 2.17. The number of rotatable bonds is 1. The lowest BCUT2D eigenvalue weighted by Gasteiger charge is -2.42. The first-order valence-corrected chi connectivity index (χ1v) is 6.28. The molecular weight excluding hydrogens is 204 g/mol. The Morgan fingerprint density at radius 2 is 1.93 bits per heavy atom. The molecule has 0 aliphatic carbocycles. The smallest absolute Gasteiger partial charge is 0.239 e. The lowest BCUT2D eigenvalue weighted by Crippen LogP contribution is -2.59. The molecule has 0 radical (unpaired) electrons. The summed E-state index contributed by atoms with van der Waals surface area (Å²) in [5.74, 6) is -0.343. The predicted octanol–water partition coefficient (Wildman–Crippen LogP) is -0.844. The Morgan fingerprint density at radius 1 is 1.36 bits per heavy atom. The van der Waals surface area contributed by atoms with Crippen LogP contribution >= 0.6 is 0 Å². The van der Waals surface area contributed by atoms with Gasteiger partial charge in [-0.25, -0.2) is 12.7 Å². The predicted molar refractivity (Wildman–Crippen MR) is 51.1 cm³/mol. The van der Waals surface area contributed by atoms with Crippen molar-refractivity contribution in [3.8, 4) is 0 Å². The molecule has 5 nitrogen and oxygen atoms in total. The minimum atomic E-state index is -3.35. The first-order chi connectivity index (χ1) is 6.57. The summed E-state index contributed by atoms with van der Waals surface area (Å²) in [6.07, 6.45) is 1.63. The maximum absolute atomic E-state index is 11.8. The Morgan fingerprint density at radius 3 is 2.36 bits per heavy atom. The minimum absolute atomic E-state index is 0.0185. The van der Waals surface area contributed by atoms with Crippen LogP contribution in [0.1, 0.15) is 12.8 Å². The second-order valence-corrected chi connectivity index (χ2v) is 5.87. The topological polar surface area (TPSA) is 66.5 Å². The van der Waals surface area contributed by atoms with E-state index in [1.165, 1.54) is 11.4 Å². The molecule has 0 saturated carbocycles. The summed E-state index contributed by atoms with van der Waals surface area (Å²) in [5.41, 5.74) is 0. The molecule has 1 amide bonds. The summed E-state index contributed by atoms with van der Waals surface area (Å²) in [5, 5.41) is 1.59. The van der Waals surface area contributed by atoms with Crippen molar-refractivity contribution in [3.05, 3.63) is 0 Å². The SMILES string of the molecule is CNC(=O)C1C2CCN(CC2)S1(=O)=O. The van der Waals surface area contributed by atoms with E-state index in [4.69, 9.17) is 0 Å². The highest BCUT2D eigenvalue weighted by molar-refractivity contribution is 7.90. The van der Waals surface area contributed by atoms with E-state index in [1.54, 1.807) is 0 Å². The molecule has 6 heteroatoms. The van der Waals surface area contributed by atoms with E-state index in [0.717, 1.165) is 12.8 Å². The fourth-order valence-electron chi connectivity index (χ4n) is 2.33. The second-order valence-electron chi connectivity index (χ2n) is 3.82. The number of hydrogen-bond acceptors (Lipinski definition) is 3. The molecule has 3 saturated heterocycles. The van der Waals surface area contributed by atoms with Crippen LogP contribution in [0.4, 0.5) is 0 Å². The molecule has 0 spiro atoms. The summed E-state index contributed by atoms with van der Waals surface area (Å²) < 4.78 is 25.1. The molecule has 0 aromatic rings. The van der Waals surface area contributed by atoms with Crippen LogP contribution in [0.2, 0.25) is 0 Å². The van der Waals surface area contributed by atoms with Crippen molar-refractivity contribution in [2.24, 2.45) is 5.92 Å². The van der Waals surface area contributed by atoms with Crippen molar-refractivity contribution in [2.75, 3.05) is 20.1 Å². The number of sulfonamides is 1. The van der Waals surface area contributed by atoms with Gasteiger partial charge in [-0.1, -0.05) is 0 Å². The molecular formula is C8H14N2O3S. The van der Waals surface area contributed by atoms with Gasteiger partial charge in [-0.2, -0.15) is 0 Å². The van der Waals surface area contributed by atoms with Crippen molar-refractivity contribution in [2.45, 2.75) is 18.1 Å². The number of nitrogens with one attached hydrogen (secondary N) is 1. The van der Waals surface area contributed by atoms with Crippen LogP contribution in [0, 0.1) is 5.92 Å². The van der Waals surface area contributed by atoms with E-state index >= 15 is 0 Å². The van der Waals surface area contributed by atoms with Gasteiger partial charge in [-0.3, -0.25) is 4.79 Å². The highest BCUT2D eigenvalue weighted by atomic mass is 32.2. The number of piperidine rings is 1. The van der Waals surface area contributed by atoms with Gasteiger partial charge in [-0.05, 0) is 18.8 Å². The van der Waals surface area contributed by atoms with E-state index in [9.17, 15) is 13.2 Å². The Bertz CT molecular complexity index is 344. The summed E-state index contributed by atoms with van der Waals surface area (Å²) in [6.45, 7) is 1.17. The molecule has 3 heterocycles. The molecule has 2 bridgehead atoms. The van der Waals surface area contributed by atoms with Gasteiger partial charge in [0.15, 0.2) is 5.25 Å². The van der Waals surface area contributed by atoms with Crippen molar-refractivity contribution in [3.63, 3.8) is 0 Å². The third kappa shape index (κ3) is 1.25.